The molecule has 1 aromatic heterocycles. The number of hydrogen-bond donors (Lipinski definition) is 1. The van der Waals surface area contributed by atoms with Crippen LogP contribution in [-0.4, -0.2) is 36.1 Å². The third-order valence-electron chi connectivity index (χ3n) is 4.80. The van der Waals surface area contributed by atoms with Crippen molar-refractivity contribution in [1.29, 1.82) is 0 Å². The smallest absolute Gasteiger partial charge is 0.226 e. The molecule has 27 heavy (non-hydrogen) atoms. The summed E-state index contributed by atoms with van der Waals surface area (Å²) in [7, 11) is 0. The van der Waals surface area contributed by atoms with Gasteiger partial charge in [0.2, 0.25) is 5.95 Å². The van der Waals surface area contributed by atoms with Crippen LogP contribution < -0.4 is 15.5 Å². The summed E-state index contributed by atoms with van der Waals surface area (Å²) in [5.41, 5.74) is 9.23. The predicted octanol–water partition coefficient (Wildman–Crippen LogP) is 3.07. The summed E-state index contributed by atoms with van der Waals surface area (Å²) in [5, 5.41) is 0. The first-order valence-corrected chi connectivity index (χ1v) is 9.12. The van der Waals surface area contributed by atoms with E-state index in [4.69, 9.17) is 10.7 Å². The fourth-order valence-electron chi connectivity index (χ4n) is 3.34. The van der Waals surface area contributed by atoms with Gasteiger partial charge in [0.25, 0.3) is 0 Å². The summed E-state index contributed by atoms with van der Waals surface area (Å²) in [4.78, 5) is 13.6. The van der Waals surface area contributed by atoms with E-state index in [1.807, 2.05) is 48.5 Å². The Kier molecular flexibility index (Phi) is 4.98. The van der Waals surface area contributed by atoms with Crippen molar-refractivity contribution in [2.75, 3.05) is 36.0 Å². The zero-order valence-corrected chi connectivity index (χ0v) is 15.1. The highest BCUT2D eigenvalue weighted by atomic mass is 19.1. The normalized spacial score (nSPS) is 14.4. The third-order valence-corrected chi connectivity index (χ3v) is 4.80. The number of halogens is 1. The molecular weight excluding hydrogens is 341 g/mol. The molecule has 0 bridgehead atoms. The molecule has 0 unspecified atom stereocenters. The average Bonchev–Trinajstić information content (AvgIpc) is 2.74. The number of nitrogens with zero attached hydrogens (tertiary/aromatic N) is 4. The van der Waals surface area contributed by atoms with E-state index >= 15 is 0 Å². The first-order valence-electron chi connectivity index (χ1n) is 9.12. The van der Waals surface area contributed by atoms with Gasteiger partial charge in [0.1, 0.15) is 5.82 Å². The van der Waals surface area contributed by atoms with E-state index in [9.17, 15) is 4.39 Å². The van der Waals surface area contributed by atoms with Crippen molar-refractivity contribution in [2.45, 2.75) is 6.54 Å². The highest BCUT2D eigenvalue weighted by Gasteiger charge is 2.21. The zero-order chi connectivity index (χ0) is 18.6. The molecule has 2 aromatic carbocycles. The monoisotopic (exact) mass is 363 g/mol. The van der Waals surface area contributed by atoms with Crippen LogP contribution in [-0.2, 0) is 6.54 Å². The van der Waals surface area contributed by atoms with E-state index in [-0.39, 0.29) is 5.82 Å². The number of aromatic nitrogens is 2. The summed E-state index contributed by atoms with van der Waals surface area (Å²) >= 11 is 0. The average molecular weight is 363 g/mol. The maximum atomic E-state index is 14.0. The predicted molar refractivity (Wildman–Crippen MR) is 106 cm³/mol. The van der Waals surface area contributed by atoms with E-state index in [1.54, 1.807) is 6.07 Å². The first kappa shape index (κ1) is 17.4. The Bertz CT molecular complexity index is 907. The van der Waals surface area contributed by atoms with Gasteiger partial charge in [-0.2, -0.15) is 0 Å². The molecule has 0 saturated carbocycles. The van der Waals surface area contributed by atoms with Crippen molar-refractivity contribution in [3.8, 4) is 11.3 Å². The molecule has 0 spiro atoms. The molecule has 0 atom stereocenters. The Hall–Kier alpha value is -2.99. The maximum Gasteiger partial charge on any atom is 0.226 e. The standard InChI is InChI=1S/C21H22FN5/c22-18-8-4-5-9-20(18)26-10-12-27(13-11-26)21-24-17(15-23)14-19(25-21)16-6-2-1-3-7-16/h1-9,14H,10-13,15,23H2. The van der Waals surface area contributed by atoms with E-state index < -0.39 is 0 Å². The van der Waals surface area contributed by atoms with Gasteiger partial charge in [0.15, 0.2) is 0 Å². The number of para-hydroxylation sites is 1. The molecule has 2 N–H and O–H groups in total. The van der Waals surface area contributed by atoms with Crippen LogP contribution in [0.25, 0.3) is 11.3 Å². The Labute approximate surface area is 158 Å². The number of nitrogens with two attached hydrogens (primary N) is 1. The van der Waals surface area contributed by atoms with Gasteiger partial charge in [-0.1, -0.05) is 42.5 Å². The number of rotatable bonds is 4. The highest BCUT2D eigenvalue weighted by molar-refractivity contribution is 5.61. The van der Waals surface area contributed by atoms with Gasteiger partial charge < -0.3 is 15.5 Å². The number of piperazine rings is 1. The van der Waals surface area contributed by atoms with E-state index in [0.717, 1.165) is 43.1 Å². The lowest BCUT2D eigenvalue weighted by molar-refractivity contribution is 0.593. The van der Waals surface area contributed by atoms with Gasteiger partial charge in [-0.3, -0.25) is 0 Å². The van der Waals surface area contributed by atoms with E-state index in [0.29, 0.717) is 18.2 Å². The molecule has 5 nitrogen and oxygen atoms in total. The van der Waals surface area contributed by atoms with Crippen LogP contribution in [0, 0.1) is 5.82 Å². The first-order chi connectivity index (χ1) is 13.2. The van der Waals surface area contributed by atoms with Crippen LogP contribution in [0.4, 0.5) is 16.0 Å². The highest BCUT2D eigenvalue weighted by Crippen LogP contribution is 2.24. The fraction of sp³-hybridized carbons (Fsp3) is 0.238. The van der Waals surface area contributed by atoms with Crippen LogP contribution >= 0.6 is 0 Å². The number of benzene rings is 2. The topological polar surface area (TPSA) is 58.3 Å². The Morgan fingerprint density at radius 3 is 2.22 bits per heavy atom. The molecule has 1 aliphatic heterocycles. The molecule has 1 aliphatic rings. The second-order valence-corrected chi connectivity index (χ2v) is 6.54. The summed E-state index contributed by atoms with van der Waals surface area (Å²) in [6, 6.07) is 18.9. The fourth-order valence-corrected chi connectivity index (χ4v) is 3.34. The second kappa shape index (κ2) is 7.72. The number of anilines is 2. The maximum absolute atomic E-state index is 14.0. The van der Waals surface area contributed by atoms with Crippen LogP contribution in [0.3, 0.4) is 0 Å². The SMILES string of the molecule is NCc1cc(-c2ccccc2)nc(N2CCN(c3ccccc3F)CC2)n1. The van der Waals surface area contributed by atoms with Crippen LogP contribution in [0.15, 0.2) is 60.7 Å². The molecule has 138 valence electrons. The Balaban J connectivity index is 1.55. The van der Waals surface area contributed by atoms with Gasteiger partial charge in [0, 0.05) is 38.3 Å². The van der Waals surface area contributed by atoms with Crippen LogP contribution in [0.1, 0.15) is 5.69 Å². The van der Waals surface area contributed by atoms with Crippen molar-refractivity contribution in [3.05, 3.63) is 72.2 Å². The summed E-state index contributed by atoms with van der Waals surface area (Å²) < 4.78 is 14.0. The van der Waals surface area contributed by atoms with Gasteiger partial charge in [-0.25, -0.2) is 14.4 Å². The van der Waals surface area contributed by atoms with Gasteiger partial charge in [-0.05, 0) is 18.2 Å². The molecule has 4 rings (SSSR count). The molecule has 6 heteroatoms. The van der Waals surface area contributed by atoms with Crippen molar-refractivity contribution in [1.82, 2.24) is 9.97 Å². The van der Waals surface area contributed by atoms with Gasteiger partial charge in [-0.15, -0.1) is 0 Å². The largest absolute Gasteiger partial charge is 0.366 e. The Morgan fingerprint density at radius 1 is 0.852 bits per heavy atom. The summed E-state index contributed by atoms with van der Waals surface area (Å²) in [5.74, 6) is 0.503. The minimum absolute atomic E-state index is 0.182. The van der Waals surface area contributed by atoms with Crippen molar-refractivity contribution < 1.29 is 4.39 Å². The molecule has 1 saturated heterocycles. The van der Waals surface area contributed by atoms with Gasteiger partial charge in [0.05, 0.1) is 17.1 Å². The van der Waals surface area contributed by atoms with Crippen molar-refractivity contribution in [3.63, 3.8) is 0 Å². The molecule has 0 amide bonds. The lowest BCUT2D eigenvalue weighted by Gasteiger charge is -2.36. The zero-order valence-electron chi connectivity index (χ0n) is 15.1. The van der Waals surface area contributed by atoms with E-state index in [2.05, 4.69) is 14.8 Å². The Morgan fingerprint density at radius 2 is 1.52 bits per heavy atom. The molecule has 2 heterocycles. The quantitative estimate of drug-likeness (QED) is 0.772. The van der Waals surface area contributed by atoms with Crippen LogP contribution in [0.5, 0.6) is 0 Å². The minimum atomic E-state index is -0.182. The third kappa shape index (κ3) is 3.75. The van der Waals surface area contributed by atoms with Crippen molar-refractivity contribution in [2.24, 2.45) is 5.73 Å². The minimum Gasteiger partial charge on any atom is -0.366 e. The summed E-state index contributed by atoms with van der Waals surface area (Å²) in [6.07, 6.45) is 0. The van der Waals surface area contributed by atoms with E-state index in [1.165, 1.54) is 6.07 Å². The molecular formula is C21H22FN5. The molecule has 1 fully saturated rings. The summed E-state index contributed by atoms with van der Waals surface area (Å²) in [6.45, 7) is 3.27. The van der Waals surface area contributed by atoms with Crippen LogP contribution in [0.2, 0.25) is 0 Å². The molecule has 3 aromatic rings. The molecule has 0 aliphatic carbocycles. The van der Waals surface area contributed by atoms with Crippen molar-refractivity contribution >= 4 is 11.6 Å². The number of hydrogen-bond acceptors (Lipinski definition) is 5. The second-order valence-electron chi connectivity index (χ2n) is 6.54. The lowest BCUT2D eigenvalue weighted by atomic mass is 10.1. The molecule has 0 radical (unpaired) electrons. The lowest BCUT2D eigenvalue weighted by Crippen LogP contribution is -2.47. The van der Waals surface area contributed by atoms with Gasteiger partial charge >= 0.3 is 0 Å².